The van der Waals surface area contributed by atoms with E-state index in [1.807, 2.05) is 0 Å². The number of halogens is 19. The van der Waals surface area contributed by atoms with Crippen LogP contribution < -0.4 is 0 Å². The van der Waals surface area contributed by atoms with Gasteiger partial charge in [-0.05, 0) is 0 Å². The van der Waals surface area contributed by atoms with Crippen molar-refractivity contribution >= 4 is 11.9 Å². The van der Waals surface area contributed by atoms with Crippen LogP contribution in [0.2, 0.25) is 0 Å². The maximum absolute atomic E-state index is 15.1. The zero-order valence-electron chi connectivity index (χ0n) is 15.9. The summed E-state index contributed by atoms with van der Waals surface area (Å²) in [6.07, 6.45) is -20.5. The SMILES string of the molecule is O=C(OC12C(F)C3(OC(=O)C(F)(F)F)C(F)(F)C(F)(C1(F)F)C(F)(F)C(F)(C2(F)F)C3(F)F)C(F)(F)F. The molecule has 4 nitrogen and oxygen atoms in total. The highest BCUT2D eigenvalue weighted by Gasteiger charge is 3.21. The first-order valence-corrected chi connectivity index (χ1v) is 8.42. The molecule has 4 rings (SSSR count). The molecule has 37 heavy (non-hydrogen) atoms. The lowest BCUT2D eigenvalue weighted by atomic mass is 9.40. The fraction of sp³-hybridized carbons (Fsp3) is 0.857. The molecule has 4 fully saturated rings. The van der Waals surface area contributed by atoms with Gasteiger partial charge in [0.1, 0.15) is 0 Å². The number of ether oxygens (including phenoxy) is 2. The summed E-state index contributed by atoms with van der Waals surface area (Å²) in [6.45, 7) is 0. The molecule has 0 aromatic carbocycles. The topological polar surface area (TPSA) is 52.6 Å². The summed E-state index contributed by atoms with van der Waals surface area (Å²) in [7, 11) is 0. The molecule has 0 amide bonds. The van der Waals surface area contributed by atoms with E-state index in [4.69, 9.17) is 0 Å². The third-order valence-electron chi connectivity index (χ3n) is 6.15. The van der Waals surface area contributed by atoms with Gasteiger partial charge < -0.3 is 9.47 Å². The second kappa shape index (κ2) is 6.42. The van der Waals surface area contributed by atoms with E-state index in [9.17, 15) is 79.8 Å². The molecule has 0 aliphatic heterocycles. The second-order valence-electron chi connectivity index (χ2n) is 7.80. The molecule has 23 heteroatoms. The van der Waals surface area contributed by atoms with E-state index in [0.29, 0.717) is 0 Å². The molecule has 0 saturated heterocycles. The Hall–Kier alpha value is -2.39. The van der Waals surface area contributed by atoms with Crippen LogP contribution in [0.25, 0.3) is 0 Å². The molecule has 0 spiro atoms. The molecule has 4 saturated carbocycles. The lowest BCUT2D eigenvalue weighted by molar-refractivity contribution is -0.595. The third-order valence-corrected chi connectivity index (χ3v) is 6.15. The van der Waals surface area contributed by atoms with Crippen LogP contribution in [0.15, 0.2) is 0 Å². The first kappa shape index (κ1) is 29.2. The molecule has 0 radical (unpaired) electrons. The third kappa shape index (κ3) is 2.27. The maximum Gasteiger partial charge on any atom is 0.490 e. The summed E-state index contributed by atoms with van der Waals surface area (Å²) in [5.74, 6) is -50.0. The summed E-state index contributed by atoms with van der Waals surface area (Å²) in [6, 6.07) is 0. The molecule has 0 aromatic rings. The number of rotatable bonds is 2. The lowest BCUT2D eigenvalue weighted by Gasteiger charge is -2.74. The van der Waals surface area contributed by atoms with Crippen LogP contribution in [-0.2, 0) is 19.1 Å². The smallest absolute Gasteiger partial charge is 0.436 e. The van der Waals surface area contributed by atoms with E-state index in [2.05, 4.69) is 9.47 Å². The van der Waals surface area contributed by atoms with E-state index >= 15 is 13.2 Å². The number of carbonyl (C=O) groups is 2. The van der Waals surface area contributed by atoms with Gasteiger partial charge in [0.2, 0.25) is 6.17 Å². The standard InChI is InChI=1S/C14HF19O4/c15-1-4(36-2(34)6(16,17)18)10(24,25)8(22)12(28,29)5(1,37-3(35)7(19,20)21)13(30,31)9(23,11(4,26)27)14(8,32)33/h1H. The van der Waals surface area contributed by atoms with Gasteiger partial charge in [-0.15, -0.1) is 0 Å². The number of hydrogen-bond acceptors (Lipinski definition) is 4. The van der Waals surface area contributed by atoms with E-state index in [1.54, 1.807) is 0 Å². The van der Waals surface area contributed by atoms with Crippen molar-refractivity contribution in [2.45, 2.75) is 70.7 Å². The van der Waals surface area contributed by atoms with Crippen LogP contribution in [-0.4, -0.2) is 82.6 Å². The minimum absolute atomic E-state index is 2.27. The second-order valence-corrected chi connectivity index (χ2v) is 7.80. The summed E-state index contributed by atoms with van der Waals surface area (Å²) in [4.78, 5) is 21.9. The van der Waals surface area contributed by atoms with Gasteiger partial charge >= 0.3 is 65.2 Å². The molecular formula is C14HF19O4. The largest absolute Gasteiger partial charge is 0.490 e. The van der Waals surface area contributed by atoms with Crippen LogP contribution >= 0.6 is 0 Å². The molecule has 0 unspecified atom stereocenters. The summed E-state index contributed by atoms with van der Waals surface area (Å²) >= 11 is 0. The summed E-state index contributed by atoms with van der Waals surface area (Å²) < 4.78 is 271. The fourth-order valence-electron chi connectivity index (χ4n) is 4.53. The van der Waals surface area contributed by atoms with Gasteiger partial charge in [0.15, 0.2) is 0 Å². The molecule has 214 valence electrons. The molecule has 0 N–H and O–H groups in total. The van der Waals surface area contributed by atoms with Gasteiger partial charge in [0, 0.05) is 0 Å². The van der Waals surface area contributed by atoms with Crippen LogP contribution in [0.3, 0.4) is 0 Å². The minimum atomic E-state index is -8.26. The molecule has 0 atom stereocenters. The number of hydrogen-bond donors (Lipinski definition) is 0. The Labute approximate surface area is 186 Å². The van der Waals surface area contributed by atoms with Gasteiger partial charge in [0.25, 0.3) is 11.2 Å². The lowest BCUT2D eigenvalue weighted by Crippen LogP contribution is -3.09. The normalized spacial score (nSPS) is 42.3. The van der Waals surface area contributed by atoms with E-state index in [0.717, 1.165) is 0 Å². The zero-order valence-corrected chi connectivity index (χ0v) is 15.9. The minimum Gasteiger partial charge on any atom is -0.436 e. The molecule has 4 bridgehead atoms. The Kier molecular flexibility index (Phi) is 5.06. The number of carbonyl (C=O) groups excluding carboxylic acids is 2. The summed E-state index contributed by atoms with van der Waals surface area (Å²) in [5.41, 5.74) is -31.3. The molecule has 4 aliphatic carbocycles. The molecular weight excluding hydrogens is 593 g/mol. The quantitative estimate of drug-likeness (QED) is 0.346. The van der Waals surface area contributed by atoms with Crippen molar-refractivity contribution in [3.63, 3.8) is 0 Å². The van der Waals surface area contributed by atoms with Crippen LogP contribution in [0.4, 0.5) is 83.4 Å². The monoisotopic (exact) mass is 594 g/mol. The van der Waals surface area contributed by atoms with Gasteiger partial charge in [0.05, 0.1) is 0 Å². The van der Waals surface area contributed by atoms with E-state index in [1.165, 1.54) is 0 Å². The Balaban J connectivity index is 2.63. The van der Waals surface area contributed by atoms with Crippen LogP contribution in [0.1, 0.15) is 0 Å². The van der Waals surface area contributed by atoms with E-state index in [-0.39, 0.29) is 0 Å². The van der Waals surface area contributed by atoms with E-state index < -0.39 is 82.6 Å². The fourth-order valence-corrected chi connectivity index (χ4v) is 4.53. The highest BCUT2D eigenvalue weighted by Crippen LogP contribution is 2.86. The Morgan fingerprint density at radius 3 is 0.892 bits per heavy atom. The maximum atomic E-state index is 15.1. The van der Waals surface area contributed by atoms with Crippen molar-refractivity contribution < 1.29 is 102 Å². The number of esters is 2. The van der Waals surface area contributed by atoms with Crippen molar-refractivity contribution in [1.82, 2.24) is 0 Å². The predicted molar refractivity (Wildman–Crippen MR) is 67.1 cm³/mol. The number of alkyl halides is 19. The molecule has 4 aliphatic rings. The zero-order chi connectivity index (χ0) is 29.6. The van der Waals surface area contributed by atoms with Crippen molar-refractivity contribution in [3.8, 4) is 0 Å². The van der Waals surface area contributed by atoms with Crippen LogP contribution in [0.5, 0.6) is 0 Å². The molecule has 0 heterocycles. The Bertz CT molecular complexity index is 942. The summed E-state index contributed by atoms with van der Waals surface area (Å²) in [5, 5.41) is 0. The average Bonchev–Trinajstić information content (AvgIpc) is 2.68. The van der Waals surface area contributed by atoms with Crippen molar-refractivity contribution in [3.05, 3.63) is 0 Å². The Morgan fingerprint density at radius 1 is 0.486 bits per heavy atom. The van der Waals surface area contributed by atoms with Crippen molar-refractivity contribution in [2.75, 3.05) is 0 Å². The van der Waals surface area contributed by atoms with Gasteiger partial charge in [-0.3, -0.25) is 0 Å². The first-order chi connectivity index (χ1) is 15.9. The average molecular weight is 594 g/mol. The van der Waals surface area contributed by atoms with Gasteiger partial charge in [-0.2, -0.15) is 70.2 Å². The van der Waals surface area contributed by atoms with Gasteiger partial charge in [-0.1, -0.05) is 0 Å². The first-order valence-electron chi connectivity index (χ1n) is 8.42. The van der Waals surface area contributed by atoms with Gasteiger partial charge in [-0.25, -0.2) is 22.8 Å². The Morgan fingerprint density at radius 2 is 0.703 bits per heavy atom. The highest BCUT2D eigenvalue weighted by molar-refractivity contribution is 5.78. The van der Waals surface area contributed by atoms with Crippen molar-refractivity contribution in [2.24, 2.45) is 0 Å². The highest BCUT2D eigenvalue weighted by atomic mass is 19.4. The molecule has 0 aromatic heterocycles. The van der Waals surface area contributed by atoms with Crippen LogP contribution in [0, 0.1) is 0 Å². The predicted octanol–water partition coefficient (Wildman–Crippen LogP) is 4.65. The van der Waals surface area contributed by atoms with Crippen molar-refractivity contribution in [1.29, 1.82) is 0 Å².